The fraction of sp³-hybridized carbons (Fsp3) is 0.167. The highest BCUT2D eigenvalue weighted by Gasteiger charge is 2.06. The maximum Gasteiger partial charge on any atom is 0.288 e. The van der Waals surface area contributed by atoms with Gasteiger partial charge in [0.15, 0.2) is 0 Å². The minimum absolute atomic E-state index is 0.533. The van der Waals surface area contributed by atoms with Crippen LogP contribution < -0.4 is 0 Å². The van der Waals surface area contributed by atoms with E-state index < -0.39 is 5.76 Å². The molecule has 0 aliphatic heterocycles. The van der Waals surface area contributed by atoms with Gasteiger partial charge >= 0.3 is 0 Å². The number of hydrogen-bond donors (Lipinski definition) is 0. The Labute approximate surface area is 116 Å². The van der Waals surface area contributed by atoms with Crippen molar-refractivity contribution >= 4 is 27.7 Å². The van der Waals surface area contributed by atoms with Gasteiger partial charge in [0, 0.05) is 10.5 Å². The van der Waals surface area contributed by atoms with Crippen molar-refractivity contribution in [2.24, 2.45) is 0 Å². The molecule has 94 valence electrons. The molecule has 0 saturated heterocycles. The van der Waals surface area contributed by atoms with Gasteiger partial charge in [-0.05, 0) is 41.1 Å². The first-order chi connectivity index (χ1) is 8.54. The first-order valence-corrected chi connectivity index (χ1v) is 6.78. The summed E-state index contributed by atoms with van der Waals surface area (Å²) in [4.78, 5) is 8.96. The minimum Gasteiger partial charge on any atom is -0.233 e. The van der Waals surface area contributed by atoms with Crippen LogP contribution in [0.1, 0.15) is 5.82 Å². The Morgan fingerprint density at radius 2 is 1.83 bits per heavy atom. The molecule has 0 aliphatic carbocycles. The van der Waals surface area contributed by atoms with Crippen LogP contribution in [-0.2, 0) is 0 Å². The van der Waals surface area contributed by atoms with Crippen molar-refractivity contribution in [3.63, 3.8) is 0 Å². The van der Waals surface area contributed by atoms with Crippen LogP contribution in [0, 0.1) is 6.92 Å². The molecule has 0 aliphatic rings. The van der Waals surface area contributed by atoms with Crippen molar-refractivity contribution < 1.29 is 8.78 Å². The number of hydrogen-bond acceptors (Lipinski definition) is 3. The van der Waals surface area contributed by atoms with Crippen LogP contribution >= 0.6 is 27.7 Å². The normalized spacial score (nSPS) is 10.9. The van der Waals surface area contributed by atoms with Gasteiger partial charge in [0.1, 0.15) is 10.4 Å². The average molecular weight is 331 g/mol. The first kappa shape index (κ1) is 13.4. The highest BCUT2D eigenvalue weighted by Crippen LogP contribution is 2.28. The summed E-state index contributed by atoms with van der Waals surface area (Å²) in [5.41, 5.74) is 1.64. The molecular formula is C12H9BrF2N2S. The first-order valence-electron chi connectivity index (χ1n) is 5.11. The molecule has 0 spiro atoms. The maximum atomic E-state index is 12.2. The van der Waals surface area contributed by atoms with E-state index in [1.165, 1.54) is 0 Å². The second kappa shape index (κ2) is 5.75. The molecule has 1 heterocycles. The van der Waals surface area contributed by atoms with Gasteiger partial charge in [-0.3, -0.25) is 0 Å². The van der Waals surface area contributed by atoms with Crippen LogP contribution in [-0.4, -0.2) is 15.7 Å². The fourth-order valence-corrected chi connectivity index (χ4v) is 2.46. The maximum absolute atomic E-state index is 12.2. The molecule has 0 atom stereocenters. The van der Waals surface area contributed by atoms with Crippen molar-refractivity contribution in [2.75, 3.05) is 0 Å². The van der Waals surface area contributed by atoms with Crippen molar-refractivity contribution in [1.29, 1.82) is 0 Å². The lowest BCUT2D eigenvalue weighted by Gasteiger charge is -2.04. The summed E-state index contributed by atoms with van der Waals surface area (Å²) in [5.74, 6) is -1.74. The van der Waals surface area contributed by atoms with Crippen molar-refractivity contribution in [2.45, 2.75) is 17.6 Å². The van der Waals surface area contributed by atoms with Gasteiger partial charge in [-0.2, -0.15) is 8.78 Å². The largest absolute Gasteiger partial charge is 0.288 e. The van der Waals surface area contributed by atoms with E-state index in [-0.39, 0.29) is 0 Å². The molecule has 2 rings (SSSR count). The van der Waals surface area contributed by atoms with E-state index in [9.17, 15) is 8.78 Å². The monoisotopic (exact) mass is 330 g/mol. The van der Waals surface area contributed by atoms with Gasteiger partial charge in [-0.1, -0.05) is 23.9 Å². The van der Waals surface area contributed by atoms with Gasteiger partial charge < -0.3 is 0 Å². The molecule has 0 N–H and O–H groups in total. The highest BCUT2D eigenvalue weighted by atomic mass is 79.9. The van der Waals surface area contributed by atoms with Crippen molar-refractivity contribution in [1.82, 2.24) is 9.97 Å². The third-order valence-electron chi connectivity index (χ3n) is 2.18. The number of thioether (sulfide) groups is 1. The van der Waals surface area contributed by atoms with E-state index in [0.29, 0.717) is 27.1 Å². The quantitative estimate of drug-likeness (QED) is 0.610. The van der Waals surface area contributed by atoms with Gasteiger partial charge in [-0.15, -0.1) is 0 Å². The number of nitrogens with zero attached hydrogens (tertiary/aromatic N) is 2. The van der Waals surface area contributed by atoms with E-state index >= 15 is 0 Å². The summed E-state index contributed by atoms with van der Waals surface area (Å²) in [5, 5.41) is 0. The van der Waals surface area contributed by atoms with Gasteiger partial charge in [0.05, 0.1) is 5.69 Å². The van der Waals surface area contributed by atoms with E-state index in [1.54, 1.807) is 37.3 Å². The Morgan fingerprint density at radius 3 is 2.39 bits per heavy atom. The zero-order valence-corrected chi connectivity index (χ0v) is 11.8. The molecule has 1 aromatic heterocycles. The molecule has 0 saturated carbocycles. The summed E-state index contributed by atoms with van der Waals surface area (Å²) in [6, 6.07) is 8.68. The van der Waals surface area contributed by atoms with Gasteiger partial charge in [0.2, 0.25) is 0 Å². The average Bonchev–Trinajstić information content (AvgIpc) is 2.27. The third-order valence-corrected chi connectivity index (χ3v) is 3.31. The second-order valence-electron chi connectivity index (χ2n) is 3.53. The standard InChI is InChI=1S/C12H9BrF2N2S/c1-7-16-10(6-11(13)17-7)8-2-4-9(5-3-8)18-12(14)15/h2-6,12H,1H3. The molecule has 2 aromatic rings. The van der Waals surface area contributed by atoms with Crippen molar-refractivity contribution in [3.8, 4) is 11.3 Å². The van der Waals surface area contributed by atoms with Crippen LogP contribution in [0.4, 0.5) is 8.78 Å². The topological polar surface area (TPSA) is 25.8 Å². The summed E-state index contributed by atoms with van der Waals surface area (Å²) < 4.78 is 25.1. The molecule has 6 heteroatoms. The molecule has 1 aromatic carbocycles. The molecule has 0 amide bonds. The number of aromatic nitrogens is 2. The van der Waals surface area contributed by atoms with Crippen LogP contribution in [0.3, 0.4) is 0 Å². The summed E-state index contributed by atoms with van der Waals surface area (Å²) in [6.45, 7) is 1.80. The van der Waals surface area contributed by atoms with E-state index in [4.69, 9.17) is 0 Å². The molecule has 0 unspecified atom stereocenters. The lowest BCUT2D eigenvalue weighted by molar-refractivity contribution is 0.252. The Bertz CT molecular complexity index is 526. The molecule has 18 heavy (non-hydrogen) atoms. The zero-order chi connectivity index (χ0) is 13.1. The number of benzene rings is 1. The predicted molar refractivity (Wildman–Crippen MR) is 71.8 cm³/mol. The number of aryl methyl sites for hydroxylation is 1. The Morgan fingerprint density at radius 1 is 1.17 bits per heavy atom. The lowest BCUT2D eigenvalue weighted by atomic mass is 10.1. The van der Waals surface area contributed by atoms with E-state index in [0.717, 1.165) is 11.3 Å². The highest BCUT2D eigenvalue weighted by molar-refractivity contribution is 9.10. The van der Waals surface area contributed by atoms with Crippen LogP contribution in [0.2, 0.25) is 0 Å². The SMILES string of the molecule is Cc1nc(Br)cc(-c2ccc(SC(F)F)cc2)n1. The summed E-state index contributed by atoms with van der Waals surface area (Å²) in [7, 11) is 0. The van der Waals surface area contributed by atoms with Crippen molar-refractivity contribution in [3.05, 3.63) is 40.8 Å². The van der Waals surface area contributed by atoms with Gasteiger partial charge in [-0.25, -0.2) is 9.97 Å². The van der Waals surface area contributed by atoms with Crippen LogP contribution in [0.5, 0.6) is 0 Å². The zero-order valence-electron chi connectivity index (χ0n) is 9.40. The predicted octanol–water partition coefficient (Wildman–Crippen LogP) is 4.53. The number of rotatable bonds is 3. The number of halogens is 3. The fourth-order valence-electron chi connectivity index (χ4n) is 1.49. The summed E-state index contributed by atoms with van der Waals surface area (Å²) >= 11 is 3.84. The molecule has 2 nitrogen and oxygen atoms in total. The molecule has 0 radical (unpaired) electrons. The summed E-state index contributed by atoms with van der Waals surface area (Å²) in [6.07, 6.45) is 0. The van der Waals surface area contributed by atoms with E-state index in [2.05, 4.69) is 25.9 Å². The lowest BCUT2D eigenvalue weighted by Crippen LogP contribution is -1.91. The Balaban J connectivity index is 2.28. The van der Waals surface area contributed by atoms with E-state index in [1.807, 2.05) is 0 Å². The molecular weight excluding hydrogens is 322 g/mol. The van der Waals surface area contributed by atoms with Crippen LogP contribution in [0.15, 0.2) is 39.8 Å². The molecule has 0 fully saturated rings. The molecule has 0 bridgehead atoms. The second-order valence-corrected chi connectivity index (χ2v) is 5.40. The van der Waals surface area contributed by atoms with Gasteiger partial charge in [0.25, 0.3) is 5.76 Å². The Kier molecular flexibility index (Phi) is 4.29. The Hall–Kier alpha value is -1.01. The number of alkyl halides is 2. The minimum atomic E-state index is -2.40. The smallest absolute Gasteiger partial charge is 0.233 e. The third kappa shape index (κ3) is 3.49. The van der Waals surface area contributed by atoms with Crippen LogP contribution in [0.25, 0.3) is 11.3 Å².